The summed E-state index contributed by atoms with van der Waals surface area (Å²) in [6.45, 7) is 11.3. The molecule has 0 fully saturated rings. The number of rotatable bonds is 8. The first-order chi connectivity index (χ1) is 14.3. The zero-order chi connectivity index (χ0) is 21.9. The maximum Gasteiger partial charge on any atom is 0.241 e. The van der Waals surface area contributed by atoms with E-state index >= 15 is 0 Å². The summed E-state index contributed by atoms with van der Waals surface area (Å²) >= 11 is 0. The van der Waals surface area contributed by atoms with Crippen LogP contribution in [0, 0.1) is 20.8 Å². The second-order valence-corrected chi connectivity index (χ2v) is 9.64. The van der Waals surface area contributed by atoms with Gasteiger partial charge < -0.3 is 4.90 Å². The van der Waals surface area contributed by atoms with Crippen molar-refractivity contribution in [3.05, 3.63) is 71.3 Å². The minimum atomic E-state index is -3.60. The molecule has 0 heterocycles. The van der Waals surface area contributed by atoms with E-state index in [0.29, 0.717) is 17.9 Å². The van der Waals surface area contributed by atoms with Crippen LogP contribution < -0.4 is 9.62 Å². The first kappa shape index (κ1) is 22.3. The fourth-order valence-electron chi connectivity index (χ4n) is 4.27. The Balaban J connectivity index is 1.89. The van der Waals surface area contributed by atoms with Crippen molar-refractivity contribution in [2.45, 2.75) is 52.0 Å². The summed E-state index contributed by atoms with van der Waals surface area (Å²) in [5.74, 6) is 0. The van der Waals surface area contributed by atoms with Gasteiger partial charge in [0, 0.05) is 30.2 Å². The van der Waals surface area contributed by atoms with E-state index in [-0.39, 0.29) is 6.04 Å². The van der Waals surface area contributed by atoms with Crippen LogP contribution in [0.25, 0.3) is 10.8 Å². The highest BCUT2D eigenvalue weighted by Crippen LogP contribution is 2.27. The number of hydrogen-bond acceptors (Lipinski definition) is 3. The molecule has 1 unspecified atom stereocenters. The third-order valence-corrected chi connectivity index (χ3v) is 7.44. The van der Waals surface area contributed by atoms with Crippen molar-refractivity contribution in [2.75, 3.05) is 18.0 Å². The molecule has 0 amide bonds. The van der Waals surface area contributed by atoms with Crippen LogP contribution in [-0.4, -0.2) is 27.5 Å². The van der Waals surface area contributed by atoms with E-state index in [2.05, 4.69) is 46.9 Å². The molecule has 0 bridgehead atoms. The van der Waals surface area contributed by atoms with Gasteiger partial charge in [0.2, 0.25) is 10.0 Å². The number of likely N-dealkylation sites (N-methyl/N-ethyl adjacent to an activating group) is 1. The van der Waals surface area contributed by atoms with Crippen molar-refractivity contribution in [1.82, 2.24) is 4.72 Å². The van der Waals surface area contributed by atoms with E-state index in [1.807, 2.05) is 52.0 Å². The lowest BCUT2D eigenvalue weighted by Crippen LogP contribution is -2.44. The Labute approximate surface area is 181 Å². The second-order valence-electron chi connectivity index (χ2n) is 7.99. The van der Waals surface area contributed by atoms with Crippen LogP contribution in [0.5, 0.6) is 0 Å². The summed E-state index contributed by atoms with van der Waals surface area (Å²) in [5.41, 5.74) is 3.78. The van der Waals surface area contributed by atoms with Gasteiger partial charge in [-0.3, -0.25) is 0 Å². The van der Waals surface area contributed by atoms with Gasteiger partial charge in [-0.1, -0.05) is 61.0 Å². The third-order valence-electron chi connectivity index (χ3n) is 5.62. The zero-order valence-corrected chi connectivity index (χ0v) is 19.4. The van der Waals surface area contributed by atoms with Crippen LogP contribution >= 0.6 is 0 Å². The fraction of sp³-hybridized carbons (Fsp3) is 0.360. The molecule has 3 aromatic rings. The lowest BCUT2D eigenvalue weighted by atomic mass is 10.1. The molecule has 1 atom stereocenters. The Morgan fingerprint density at radius 2 is 1.57 bits per heavy atom. The molecule has 0 saturated heterocycles. The van der Waals surface area contributed by atoms with E-state index in [1.165, 1.54) is 10.8 Å². The van der Waals surface area contributed by atoms with Crippen molar-refractivity contribution in [3.8, 4) is 0 Å². The molecule has 3 rings (SSSR count). The van der Waals surface area contributed by atoms with Gasteiger partial charge in [0.15, 0.2) is 0 Å². The van der Waals surface area contributed by atoms with Gasteiger partial charge >= 0.3 is 0 Å². The molecule has 0 aromatic heterocycles. The maximum absolute atomic E-state index is 13.2. The summed E-state index contributed by atoms with van der Waals surface area (Å²) in [6.07, 6.45) is 0.713. The van der Waals surface area contributed by atoms with Crippen LogP contribution in [0.15, 0.2) is 59.5 Å². The first-order valence-electron chi connectivity index (χ1n) is 10.6. The number of sulfonamides is 1. The van der Waals surface area contributed by atoms with Gasteiger partial charge in [0.05, 0.1) is 4.90 Å². The van der Waals surface area contributed by atoms with Crippen LogP contribution in [0.3, 0.4) is 0 Å². The molecule has 160 valence electrons. The average Bonchev–Trinajstić information content (AvgIpc) is 2.69. The molecule has 4 nitrogen and oxygen atoms in total. The summed E-state index contributed by atoms with van der Waals surface area (Å²) < 4.78 is 29.5. The predicted molar refractivity (Wildman–Crippen MR) is 127 cm³/mol. The van der Waals surface area contributed by atoms with Crippen LogP contribution in [0.2, 0.25) is 0 Å². The first-order valence-corrected chi connectivity index (χ1v) is 12.1. The van der Waals surface area contributed by atoms with E-state index in [0.717, 1.165) is 28.9 Å². The summed E-state index contributed by atoms with van der Waals surface area (Å²) in [4.78, 5) is 2.66. The Bertz CT molecular complexity index is 1110. The molecular weight excluding hydrogens is 392 g/mol. The second kappa shape index (κ2) is 9.19. The van der Waals surface area contributed by atoms with Crippen LogP contribution in [0.4, 0.5) is 5.69 Å². The van der Waals surface area contributed by atoms with E-state index in [9.17, 15) is 8.42 Å². The number of benzene rings is 3. The standard InChI is InChI=1S/C25H32N2O2S/c1-6-22(26-30(28,29)25-19(4)15-18(3)16-20(25)5)17-27(7-2)24-14-10-12-21-11-8-9-13-23(21)24/h8-16,22,26H,6-7,17H2,1-5H3. The minimum absolute atomic E-state index is 0.186. The lowest BCUT2D eigenvalue weighted by molar-refractivity contribution is 0.532. The minimum Gasteiger partial charge on any atom is -0.370 e. The highest BCUT2D eigenvalue weighted by atomic mass is 32.2. The molecule has 0 radical (unpaired) electrons. The zero-order valence-electron chi connectivity index (χ0n) is 18.6. The highest BCUT2D eigenvalue weighted by molar-refractivity contribution is 7.89. The van der Waals surface area contributed by atoms with E-state index in [4.69, 9.17) is 0 Å². The van der Waals surface area contributed by atoms with Crippen LogP contribution in [0.1, 0.15) is 37.0 Å². The SMILES string of the molecule is CCC(CN(CC)c1cccc2ccccc12)NS(=O)(=O)c1c(C)cc(C)cc1C. The molecule has 5 heteroatoms. The van der Waals surface area contributed by atoms with Crippen molar-refractivity contribution in [3.63, 3.8) is 0 Å². The molecule has 30 heavy (non-hydrogen) atoms. The van der Waals surface area contributed by atoms with Crippen molar-refractivity contribution in [1.29, 1.82) is 0 Å². The van der Waals surface area contributed by atoms with Gasteiger partial charge in [-0.15, -0.1) is 0 Å². The Kier molecular flexibility index (Phi) is 6.84. The third kappa shape index (κ3) is 4.68. The van der Waals surface area contributed by atoms with Gasteiger partial charge in [0.1, 0.15) is 0 Å². The smallest absolute Gasteiger partial charge is 0.241 e. The quantitative estimate of drug-likeness (QED) is 0.530. The number of anilines is 1. The number of hydrogen-bond donors (Lipinski definition) is 1. The predicted octanol–water partition coefficient (Wildman–Crippen LogP) is 5.35. The maximum atomic E-state index is 13.2. The number of nitrogens with zero attached hydrogens (tertiary/aromatic N) is 1. The molecule has 3 aromatic carbocycles. The highest BCUT2D eigenvalue weighted by Gasteiger charge is 2.24. The molecule has 0 spiro atoms. The van der Waals surface area contributed by atoms with Crippen molar-refractivity contribution < 1.29 is 8.42 Å². The van der Waals surface area contributed by atoms with Crippen molar-refractivity contribution in [2.24, 2.45) is 0 Å². The average molecular weight is 425 g/mol. The van der Waals surface area contributed by atoms with Crippen molar-refractivity contribution >= 4 is 26.5 Å². The van der Waals surface area contributed by atoms with Crippen LogP contribution in [-0.2, 0) is 10.0 Å². The lowest BCUT2D eigenvalue weighted by Gasteiger charge is -2.29. The Morgan fingerprint density at radius 1 is 0.933 bits per heavy atom. The fourth-order valence-corrected chi connectivity index (χ4v) is 6.03. The molecule has 0 aliphatic heterocycles. The largest absolute Gasteiger partial charge is 0.370 e. The summed E-state index contributed by atoms with van der Waals surface area (Å²) in [7, 11) is -3.60. The summed E-state index contributed by atoms with van der Waals surface area (Å²) in [6, 6.07) is 18.3. The number of fused-ring (bicyclic) bond motifs is 1. The molecule has 0 aliphatic carbocycles. The monoisotopic (exact) mass is 424 g/mol. The molecule has 0 aliphatic rings. The van der Waals surface area contributed by atoms with E-state index < -0.39 is 10.0 Å². The topological polar surface area (TPSA) is 49.4 Å². The number of aryl methyl sites for hydroxylation is 3. The van der Waals surface area contributed by atoms with Gasteiger partial charge in [0.25, 0.3) is 0 Å². The molecule has 0 saturated carbocycles. The summed E-state index contributed by atoms with van der Waals surface area (Å²) in [5, 5.41) is 2.37. The van der Waals surface area contributed by atoms with Gasteiger partial charge in [-0.25, -0.2) is 13.1 Å². The van der Waals surface area contributed by atoms with Gasteiger partial charge in [-0.2, -0.15) is 0 Å². The molecular formula is C25H32N2O2S. The normalized spacial score (nSPS) is 12.8. The number of nitrogens with one attached hydrogen (secondary N) is 1. The Hall–Kier alpha value is -2.37. The Morgan fingerprint density at radius 3 is 2.20 bits per heavy atom. The van der Waals surface area contributed by atoms with Gasteiger partial charge in [-0.05, 0) is 56.7 Å². The molecule has 1 N–H and O–H groups in total. The van der Waals surface area contributed by atoms with E-state index in [1.54, 1.807) is 0 Å².